The van der Waals surface area contributed by atoms with Crippen molar-refractivity contribution >= 4 is 5.82 Å². The molecule has 0 bridgehead atoms. The quantitative estimate of drug-likeness (QED) is 0.898. The molecule has 2 atom stereocenters. The molecule has 1 aromatic heterocycles. The molecule has 0 spiro atoms. The van der Waals surface area contributed by atoms with Gasteiger partial charge in [-0.05, 0) is 12.2 Å². The zero-order chi connectivity index (χ0) is 13.3. The summed E-state index contributed by atoms with van der Waals surface area (Å²) in [5.74, 6) is 1.63. The fourth-order valence-electron chi connectivity index (χ4n) is 2.34. The van der Waals surface area contributed by atoms with Crippen LogP contribution in [0.1, 0.15) is 6.92 Å². The average Bonchev–Trinajstić information content (AvgIpc) is 2.81. The number of nitrogen functional groups attached to an aromatic ring is 1. The molecule has 0 amide bonds. The average molecular weight is 256 g/mol. The van der Waals surface area contributed by atoms with Crippen molar-refractivity contribution < 1.29 is 4.74 Å². The largest absolute Gasteiger partial charge is 0.472 e. The summed E-state index contributed by atoms with van der Waals surface area (Å²) in [7, 11) is 0. The molecule has 0 fully saturated rings. The zero-order valence-electron chi connectivity index (χ0n) is 10.7. The number of anilines is 1. The van der Waals surface area contributed by atoms with Gasteiger partial charge in [-0.1, -0.05) is 42.5 Å². The van der Waals surface area contributed by atoms with Gasteiger partial charge in [0.25, 0.3) is 0 Å². The van der Waals surface area contributed by atoms with Gasteiger partial charge in [-0.3, -0.25) is 0 Å². The van der Waals surface area contributed by atoms with Crippen molar-refractivity contribution in [1.29, 1.82) is 0 Å². The van der Waals surface area contributed by atoms with Gasteiger partial charge >= 0.3 is 0 Å². The molecule has 0 radical (unpaired) electrons. The van der Waals surface area contributed by atoms with Gasteiger partial charge in [0.2, 0.25) is 0 Å². The number of allylic oxidation sites excluding steroid dienone is 7. The molecule has 0 saturated heterocycles. The summed E-state index contributed by atoms with van der Waals surface area (Å²) < 4.78 is 7.28. The van der Waals surface area contributed by atoms with Crippen molar-refractivity contribution in [3.63, 3.8) is 0 Å². The maximum Gasteiger partial charge on any atom is 0.182 e. The van der Waals surface area contributed by atoms with Crippen molar-refractivity contribution in [2.75, 3.05) is 5.73 Å². The molecule has 0 saturated carbocycles. The van der Waals surface area contributed by atoms with Crippen LogP contribution in [-0.4, -0.2) is 15.0 Å². The Balaban J connectivity index is 1.71. The van der Waals surface area contributed by atoms with Gasteiger partial charge in [-0.25, -0.2) is 4.68 Å². The molecule has 5 nitrogen and oxygen atoms in total. The number of hydrogen-bond donors (Lipinski definition) is 1. The van der Waals surface area contributed by atoms with Gasteiger partial charge in [0.1, 0.15) is 5.76 Å². The van der Waals surface area contributed by atoms with Gasteiger partial charge < -0.3 is 10.5 Å². The first-order valence-electron chi connectivity index (χ1n) is 6.21. The summed E-state index contributed by atoms with van der Waals surface area (Å²) >= 11 is 0. The number of nitrogens with two attached hydrogens (primary N) is 1. The number of hydrogen-bond acceptors (Lipinski definition) is 4. The smallest absolute Gasteiger partial charge is 0.182 e. The number of aromatic nitrogens is 3. The summed E-state index contributed by atoms with van der Waals surface area (Å²) in [6.07, 6.45) is 16.5. The molecule has 0 aliphatic heterocycles. The van der Waals surface area contributed by atoms with E-state index in [4.69, 9.17) is 10.5 Å². The third-order valence-corrected chi connectivity index (χ3v) is 3.44. The van der Waals surface area contributed by atoms with Gasteiger partial charge in [0, 0.05) is 11.3 Å². The van der Waals surface area contributed by atoms with Crippen molar-refractivity contribution in [3.05, 3.63) is 54.5 Å². The lowest BCUT2D eigenvalue weighted by atomic mass is 9.72. The summed E-state index contributed by atoms with van der Waals surface area (Å²) in [5, 5.41) is 7.55. The monoisotopic (exact) mass is 256 g/mol. The Morgan fingerprint density at radius 3 is 3.11 bits per heavy atom. The van der Waals surface area contributed by atoms with Crippen LogP contribution in [0.4, 0.5) is 5.82 Å². The van der Waals surface area contributed by atoms with Crippen LogP contribution in [0.2, 0.25) is 0 Å². The van der Waals surface area contributed by atoms with Crippen molar-refractivity contribution in [2.24, 2.45) is 11.3 Å². The second kappa shape index (κ2) is 4.42. The molecule has 0 aromatic carbocycles. The normalized spacial score (nSPS) is 28.1. The van der Waals surface area contributed by atoms with Crippen LogP contribution < -0.4 is 5.73 Å². The number of nitrogens with zero attached hydrogens (tertiary/aromatic N) is 3. The fourth-order valence-corrected chi connectivity index (χ4v) is 2.34. The standard InChI is InChI=1S/C14H16N4O/c1-14-7-3-2-4-11(14)5-6-12(8-14)19-10-18-9-13(15)16-17-18/h2-9,11H,10,15H2,1H3. The Kier molecular flexibility index (Phi) is 2.74. The first kappa shape index (κ1) is 11.8. The molecule has 19 heavy (non-hydrogen) atoms. The Bertz CT molecular complexity index is 596. The molecule has 2 N–H and O–H groups in total. The SMILES string of the molecule is CC12C=CC=CC1C=CC(OCn1cc(N)nn1)=C2. The highest BCUT2D eigenvalue weighted by atomic mass is 16.5. The summed E-state index contributed by atoms with van der Waals surface area (Å²) in [4.78, 5) is 0. The van der Waals surface area contributed by atoms with E-state index in [1.165, 1.54) is 0 Å². The second-order valence-corrected chi connectivity index (χ2v) is 5.00. The van der Waals surface area contributed by atoms with E-state index in [1.54, 1.807) is 10.9 Å². The molecule has 3 rings (SSSR count). The van der Waals surface area contributed by atoms with E-state index in [0.717, 1.165) is 5.76 Å². The van der Waals surface area contributed by atoms with Crippen LogP contribution in [0.3, 0.4) is 0 Å². The first-order chi connectivity index (χ1) is 9.16. The van der Waals surface area contributed by atoms with E-state index >= 15 is 0 Å². The van der Waals surface area contributed by atoms with Gasteiger partial charge in [0.15, 0.2) is 12.5 Å². The van der Waals surface area contributed by atoms with E-state index in [0.29, 0.717) is 18.5 Å². The molecular weight excluding hydrogens is 240 g/mol. The van der Waals surface area contributed by atoms with Crippen LogP contribution in [0.15, 0.2) is 54.5 Å². The molecule has 2 aliphatic rings. The van der Waals surface area contributed by atoms with Crippen LogP contribution in [0.25, 0.3) is 0 Å². The second-order valence-electron chi connectivity index (χ2n) is 5.00. The predicted molar refractivity (Wildman–Crippen MR) is 72.6 cm³/mol. The van der Waals surface area contributed by atoms with Crippen molar-refractivity contribution in [1.82, 2.24) is 15.0 Å². The number of ether oxygens (including phenoxy) is 1. The zero-order valence-corrected chi connectivity index (χ0v) is 10.7. The Morgan fingerprint density at radius 2 is 2.32 bits per heavy atom. The predicted octanol–water partition coefficient (Wildman–Crippen LogP) is 2.04. The molecule has 2 unspecified atom stereocenters. The first-order valence-corrected chi connectivity index (χ1v) is 6.21. The van der Waals surface area contributed by atoms with Gasteiger partial charge in [0.05, 0.1) is 6.20 Å². The Morgan fingerprint density at radius 1 is 1.42 bits per heavy atom. The highest BCUT2D eigenvalue weighted by Gasteiger charge is 2.30. The molecule has 98 valence electrons. The highest BCUT2D eigenvalue weighted by molar-refractivity contribution is 5.35. The Hall–Kier alpha value is -2.30. The fraction of sp³-hybridized carbons (Fsp3) is 0.286. The summed E-state index contributed by atoms with van der Waals surface area (Å²) in [5.41, 5.74) is 5.49. The Labute approximate surface area is 111 Å². The molecule has 1 aromatic rings. The van der Waals surface area contributed by atoms with Gasteiger partial charge in [-0.2, -0.15) is 0 Å². The van der Waals surface area contributed by atoms with E-state index in [1.807, 2.05) is 6.08 Å². The molecule has 5 heteroatoms. The maximum absolute atomic E-state index is 5.72. The molecule has 2 aliphatic carbocycles. The minimum Gasteiger partial charge on any atom is -0.472 e. The third-order valence-electron chi connectivity index (χ3n) is 3.44. The maximum atomic E-state index is 5.72. The van der Waals surface area contributed by atoms with Crippen LogP contribution in [-0.2, 0) is 11.5 Å². The van der Waals surface area contributed by atoms with E-state index in [9.17, 15) is 0 Å². The van der Waals surface area contributed by atoms with Crippen molar-refractivity contribution in [2.45, 2.75) is 13.7 Å². The lowest BCUT2D eigenvalue weighted by Crippen LogP contribution is -2.24. The minimum atomic E-state index is -0.0137. The van der Waals surface area contributed by atoms with E-state index in [-0.39, 0.29) is 5.41 Å². The number of fused-ring (bicyclic) bond motifs is 1. The van der Waals surface area contributed by atoms with Crippen LogP contribution in [0, 0.1) is 11.3 Å². The summed E-state index contributed by atoms with van der Waals surface area (Å²) in [6, 6.07) is 0. The third kappa shape index (κ3) is 2.31. The topological polar surface area (TPSA) is 66.0 Å². The van der Waals surface area contributed by atoms with Crippen molar-refractivity contribution in [3.8, 4) is 0 Å². The number of rotatable bonds is 3. The van der Waals surface area contributed by atoms with Crippen LogP contribution >= 0.6 is 0 Å². The van der Waals surface area contributed by atoms with Gasteiger partial charge in [-0.15, -0.1) is 5.10 Å². The minimum absolute atomic E-state index is 0.0137. The van der Waals surface area contributed by atoms with E-state index < -0.39 is 0 Å². The molecular formula is C14H16N4O. The highest BCUT2D eigenvalue weighted by Crippen LogP contribution is 2.39. The summed E-state index contributed by atoms with van der Waals surface area (Å²) in [6.45, 7) is 2.50. The molecule has 1 heterocycles. The van der Waals surface area contributed by atoms with Crippen LogP contribution in [0.5, 0.6) is 0 Å². The van der Waals surface area contributed by atoms with E-state index in [2.05, 4.69) is 53.7 Å². The lowest BCUT2D eigenvalue weighted by Gasteiger charge is -2.33. The lowest BCUT2D eigenvalue weighted by molar-refractivity contribution is 0.135.